The first-order valence-electron chi connectivity index (χ1n) is 13.6. The lowest BCUT2D eigenvalue weighted by atomic mass is 10.1. The average Bonchev–Trinajstić information content (AvgIpc) is 3.88. The van der Waals surface area contributed by atoms with Crippen LogP contribution in [0.1, 0.15) is 34.1 Å². The van der Waals surface area contributed by atoms with Crippen molar-refractivity contribution < 1.29 is 25.3 Å². The fraction of sp³-hybridized carbons (Fsp3) is 0.250. The molecule has 2 aliphatic carbocycles. The third kappa shape index (κ3) is 5.33. The second kappa shape index (κ2) is 10.7. The lowest BCUT2D eigenvalue weighted by molar-refractivity contribution is 0.583. The molecule has 0 saturated heterocycles. The predicted octanol–water partition coefficient (Wildman–Crippen LogP) is 6.34. The lowest BCUT2D eigenvalue weighted by Crippen LogP contribution is -2.24. The van der Waals surface area contributed by atoms with E-state index < -0.39 is 62.3 Å². The Hall–Kier alpha value is -2.69. The zero-order valence-corrected chi connectivity index (χ0v) is 27.1. The summed E-state index contributed by atoms with van der Waals surface area (Å²) in [5.74, 6) is -1.71. The molecule has 2 aliphatic rings. The van der Waals surface area contributed by atoms with Crippen LogP contribution in [0, 0.1) is 13.8 Å². The summed E-state index contributed by atoms with van der Waals surface area (Å²) in [5.41, 5.74) is 3.03. The number of hydrogen-bond donors (Lipinski definition) is 0. The normalized spacial score (nSPS) is 25.3. The molecule has 0 aromatic heterocycles. The summed E-state index contributed by atoms with van der Waals surface area (Å²) >= 11 is 12.0. The van der Waals surface area contributed by atoms with Gasteiger partial charge in [0.15, 0.2) is 29.5 Å². The molecule has 6 rings (SSSR count). The highest BCUT2D eigenvalue weighted by atomic mass is 35.5. The van der Waals surface area contributed by atoms with E-state index in [-0.39, 0.29) is 9.79 Å². The van der Waals surface area contributed by atoms with Gasteiger partial charge in [0.2, 0.25) is 0 Å². The summed E-state index contributed by atoms with van der Waals surface area (Å²) < 4.78 is 84.9. The smallest absolute Gasteiger partial charge is 0.183 e. The van der Waals surface area contributed by atoms with Crippen molar-refractivity contribution in [1.29, 1.82) is 0 Å². The largest absolute Gasteiger partial charge is 0.228 e. The third-order valence-corrected chi connectivity index (χ3v) is 16.5. The summed E-state index contributed by atoms with van der Waals surface area (Å²) in [4.78, 5) is -0.0687. The Bertz CT molecular complexity index is 1870. The zero-order valence-electron chi connectivity index (χ0n) is 23.1. The van der Waals surface area contributed by atoms with E-state index in [1.165, 1.54) is 48.5 Å². The number of hydrogen-bond acceptors (Lipinski definition) is 6. The van der Waals surface area contributed by atoms with Crippen LogP contribution in [-0.4, -0.2) is 46.3 Å². The maximum Gasteiger partial charge on any atom is 0.183 e. The first-order chi connectivity index (χ1) is 20.2. The molecular weight excluding hydrogens is 647 g/mol. The van der Waals surface area contributed by atoms with Gasteiger partial charge >= 0.3 is 0 Å². The van der Waals surface area contributed by atoms with E-state index in [1.807, 2.05) is 38.1 Å². The van der Waals surface area contributed by atoms with Gasteiger partial charge in [0.25, 0.3) is 0 Å². The molecule has 0 spiro atoms. The van der Waals surface area contributed by atoms with Crippen molar-refractivity contribution in [3.8, 4) is 0 Å². The van der Waals surface area contributed by atoms with E-state index in [0.29, 0.717) is 21.2 Å². The fourth-order valence-electron chi connectivity index (χ4n) is 6.12. The second-order valence-corrected chi connectivity index (χ2v) is 18.7. The van der Waals surface area contributed by atoms with Crippen molar-refractivity contribution in [2.45, 2.75) is 56.5 Å². The van der Waals surface area contributed by atoms with Crippen LogP contribution in [0.15, 0.2) is 107 Å². The minimum atomic E-state index is -4.31. The van der Waals surface area contributed by atoms with Gasteiger partial charge in [0.1, 0.15) is 0 Å². The number of sulfone groups is 3. The van der Waals surface area contributed by atoms with Gasteiger partial charge in [0.05, 0.1) is 30.8 Å². The minimum Gasteiger partial charge on any atom is -0.228 e. The quantitative estimate of drug-likeness (QED) is 0.216. The van der Waals surface area contributed by atoms with Gasteiger partial charge in [-0.2, -0.15) is 0 Å². The van der Waals surface area contributed by atoms with Crippen LogP contribution >= 0.6 is 23.2 Å². The van der Waals surface area contributed by atoms with Crippen molar-refractivity contribution in [2.24, 2.45) is 0 Å². The Kier molecular flexibility index (Phi) is 7.57. The average molecular weight is 676 g/mol. The Labute approximate surface area is 262 Å². The Morgan fingerprint density at radius 2 is 0.744 bits per heavy atom. The van der Waals surface area contributed by atoms with Gasteiger partial charge < -0.3 is 0 Å². The monoisotopic (exact) mass is 674 g/mol. The molecule has 2 fully saturated rings. The molecule has 43 heavy (non-hydrogen) atoms. The lowest BCUT2D eigenvalue weighted by Gasteiger charge is -2.07. The number of aryl methyl sites for hydroxylation is 2. The van der Waals surface area contributed by atoms with Crippen LogP contribution in [0.2, 0.25) is 10.0 Å². The van der Waals surface area contributed by atoms with Crippen LogP contribution in [0.4, 0.5) is 0 Å². The van der Waals surface area contributed by atoms with Gasteiger partial charge in [-0.05, 0) is 73.5 Å². The SMILES string of the molecule is Cc1ccc([C@@H]2C(S(=O)(=O)c3ccc(Cl)cc3)[C@H]2S(=O)(=O)[C@H]2C(S(=O)(=O)c3ccc(Cl)cc3)[C@@H]2c2ccc(C)cc2)cc1. The Morgan fingerprint density at radius 3 is 1.05 bits per heavy atom. The molecule has 0 N–H and O–H groups in total. The van der Waals surface area contributed by atoms with Crippen molar-refractivity contribution in [3.63, 3.8) is 0 Å². The highest BCUT2D eigenvalue weighted by molar-refractivity contribution is 7.99. The van der Waals surface area contributed by atoms with E-state index in [1.54, 1.807) is 24.3 Å². The Morgan fingerprint density at radius 1 is 0.442 bits per heavy atom. The van der Waals surface area contributed by atoms with Crippen LogP contribution in [0.5, 0.6) is 0 Å². The van der Waals surface area contributed by atoms with E-state index in [9.17, 15) is 25.3 Å². The van der Waals surface area contributed by atoms with Crippen molar-refractivity contribution in [2.75, 3.05) is 0 Å². The molecule has 6 atom stereocenters. The van der Waals surface area contributed by atoms with Crippen LogP contribution in [0.25, 0.3) is 0 Å². The maximum atomic E-state index is 14.6. The number of benzene rings is 4. The first kappa shape index (κ1) is 30.3. The van der Waals surface area contributed by atoms with Crippen molar-refractivity contribution >= 4 is 52.7 Å². The van der Waals surface area contributed by atoms with Crippen molar-refractivity contribution in [1.82, 2.24) is 0 Å². The third-order valence-electron chi connectivity index (χ3n) is 8.47. The molecule has 4 aromatic carbocycles. The van der Waals surface area contributed by atoms with Crippen LogP contribution in [-0.2, 0) is 29.5 Å². The van der Waals surface area contributed by atoms with Gasteiger partial charge in [-0.3, -0.25) is 0 Å². The topological polar surface area (TPSA) is 102 Å². The molecule has 11 heteroatoms. The minimum absolute atomic E-state index is 0.0343. The zero-order chi connectivity index (χ0) is 30.9. The van der Waals surface area contributed by atoms with E-state index >= 15 is 0 Å². The molecule has 4 aromatic rings. The molecule has 224 valence electrons. The fourth-order valence-corrected chi connectivity index (χ4v) is 15.1. The molecule has 0 radical (unpaired) electrons. The van der Waals surface area contributed by atoms with E-state index in [2.05, 4.69) is 0 Å². The summed E-state index contributed by atoms with van der Waals surface area (Å²) in [6.45, 7) is 3.77. The number of halogens is 2. The summed E-state index contributed by atoms with van der Waals surface area (Å²) in [7, 11) is -12.6. The molecule has 0 amide bonds. The molecule has 6 nitrogen and oxygen atoms in total. The summed E-state index contributed by atoms with van der Waals surface area (Å²) in [6, 6.07) is 25.5. The highest BCUT2D eigenvalue weighted by Gasteiger charge is 2.74. The van der Waals surface area contributed by atoms with Gasteiger partial charge in [0, 0.05) is 21.9 Å². The molecule has 2 unspecified atom stereocenters. The summed E-state index contributed by atoms with van der Waals surface area (Å²) in [5, 5.41) is -4.50. The van der Waals surface area contributed by atoms with Gasteiger partial charge in [-0.1, -0.05) is 82.9 Å². The van der Waals surface area contributed by atoms with Crippen LogP contribution in [0.3, 0.4) is 0 Å². The van der Waals surface area contributed by atoms with Gasteiger partial charge in [-0.25, -0.2) is 25.3 Å². The van der Waals surface area contributed by atoms with Crippen molar-refractivity contribution in [3.05, 3.63) is 129 Å². The maximum absolute atomic E-state index is 14.6. The predicted molar refractivity (Wildman–Crippen MR) is 169 cm³/mol. The molecular formula is C32H28Cl2O6S3. The standard InChI is InChI=1S/C32H28Cl2O6S3/c1-19-3-7-21(8-4-19)27-29(41(35,36)25-15-11-23(33)12-16-25)31(27)43(39,40)32-28(22-9-5-20(2)6-10-22)30(32)42(37,38)26-17-13-24(34)14-18-26/h3-18,27-32H,1-2H3/t27-,28+,29?,30?,31+,32-. The molecule has 2 saturated carbocycles. The molecule has 0 heterocycles. The summed E-state index contributed by atoms with van der Waals surface area (Å²) in [6.07, 6.45) is 0. The molecule has 0 aliphatic heterocycles. The highest BCUT2D eigenvalue weighted by Crippen LogP contribution is 2.61. The Balaban J connectivity index is 1.46. The number of rotatable bonds is 8. The first-order valence-corrected chi connectivity index (χ1v) is 19.0. The van der Waals surface area contributed by atoms with E-state index in [0.717, 1.165) is 11.1 Å². The second-order valence-electron chi connectivity index (χ2n) is 11.3. The van der Waals surface area contributed by atoms with Crippen LogP contribution < -0.4 is 0 Å². The van der Waals surface area contributed by atoms with Gasteiger partial charge in [-0.15, -0.1) is 0 Å². The van der Waals surface area contributed by atoms with E-state index in [4.69, 9.17) is 23.2 Å². The molecule has 0 bridgehead atoms.